The number of benzene rings is 3. The molecule has 1 fully saturated rings. The lowest BCUT2D eigenvalue weighted by Crippen LogP contribution is -2.32. The fourth-order valence-corrected chi connectivity index (χ4v) is 4.78. The maximum Gasteiger partial charge on any atom is 0.295 e. The summed E-state index contributed by atoms with van der Waals surface area (Å²) in [4.78, 5) is 27.8. The smallest absolute Gasteiger partial charge is 0.295 e. The van der Waals surface area contributed by atoms with Crippen LogP contribution in [0.15, 0.2) is 66.2 Å². The lowest BCUT2D eigenvalue weighted by atomic mass is 9.94. The van der Waals surface area contributed by atoms with Crippen LogP contribution in [-0.2, 0) is 20.9 Å². The summed E-state index contributed by atoms with van der Waals surface area (Å²) in [5.41, 5.74) is 2.17. The van der Waals surface area contributed by atoms with Gasteiger partial charge in [-0.2, -0.15) is 0 Å². The second kappa shape index (κ2) is 11.7. The zero-order chi connectivity index (χ0) is 27.4. The fourth-order valence-electron chi connectivity index (χ4n) is 4.43. The second-order valence-electron chi connectivity index (χ2n) is 8.80. The van der Waals surface area contributed by atoms with Crippen molar-refractivity contribution in [3.05, 3.63) is 99.3 Å². The van der Waals surface area contributed by atoms with Gasteiger partial charge < -0.3 is 24.2 Å². The minimum atomic E-state index is -0.913. The van der Waals surface area contributed by atoms with E-state index >= 15 is 0 Å². The van der Waals surface area contributed by atoms with Crippen LogP contribution in [0.4, 0.5) is 4.39 Å². The highest BCUT2D eigenvalue weighted by atomic mass is 35.5. The van der Waals surface area contributed by atoms with Gasteiger partial charge in [-0.1, -0.05) is 35.9 Å². The van der Waals surface area contributed by atoms with E-state index in [1.54, 1.807) is 55.5 Å². The molecule has 0 radical (unpaired) electrons. The van der Waals surface area contributed by atoms with Crippen LogP contribution in [0.25, 0.3) is 5.76 Å². The lowest BCUT2D eigenvalue weighted by molar-refractivity contribution is -0.140. The zero-order valence-electron chi connectivity index (χ0n) is 21.2. The van der Waals surface area contributed by atoms with Gasteiger partial charge in [-0.3, -0.25) is 9.59 Å². The van der Waals surface area contributed by atoms with E-state index in [4.69, 9.17) is 25.8 Å². The number of likely N-dealkylation sites (tertiary alicyclic amines) is 1. The Kier molecular flexibility index (Phi) is 8.34. The summed E-state index contributed by atoms with van der Waals surface area (Å²) in [5, 5.41) is 11.7. The average molecular weight is 540 g/mol. The molecule has 1 aliphatic heterocycles. The van der Waals surface area contributed by atoms with E-state index < -0.39 is 23.5 Å². The van der Waals surface area contributed by atoms with Gasteiger partial charge in [-0.15, -0.1) is 0 Å². The standard InChI is InChI=1S/C29H27ClFNO6/c1-17-13-22(28(37-3)23(30)14-17)26(33)24-25(32(11-12-36-2)29(35)27(24)34)19-5-4-6-21(15-19)38-16-18-7-9-20(31)10-8-18/h4-10,13-15,25,33H,11-12,16H2,1-3H3/b26-24+. The van der Waals surface area contributed by atoms with Crippen LogP contribution in [0.3, 0.4) is 0 Å². The highest BCUT2D eigenvalue weighted by molar-refractivity contribution is 6.46. The molecule has 1 atom stereocenters. The van der Waals surface area contributed by atoms with Crippen LogP contribution in [0.5, 0.6) is 11.5 Å². The Labute approximate surface area is 225 Å². The van der Waals surface area contributed by atoms with Crippen LogP contribution < -0.4 is 9.47 Å². The quantitative estimate of drug-likeness (QED) is 0.221. The van der Waals surface area contributed by atoms with Crippen molar-refractivity contribution < 1.29 is 33.3 Å². The van der Waals surface area contributed by atoms with Crippen molar-refractivity contribution in [2.24, 2.45) is 0 Å². The molecule has 198 valence electrons. The molecular formula is C29H27ClFNO6. The summed E-state index contributed by atoms with van der Waals surface area (Å²) < 4.78 is 29.7. The van der Waals surface area contributed by atoms with Gasteiger partial charge in [0.25, 0.3) is 11.7 Å². The molecule has 1 N–H and O–H groups in total. The van der Waals surface area contributed by atoms with Gasteiger partial charge in [0.15, 0.2) is 0 Å². The summed E-state index contributed by atoms with van der Waals surface area (Å²) in [6, 6.07) is 15.3. The Hall–Kier alpha value is -3.88. The molecule has 4 rings (SSSR count). The molecular weight excluding hydrogens is 513 g/mol. The Balaban J connectivity index is 1.79. The number of ether oxygens (including phenoxy) is 3. The molecule has 1 aliphatic rings. The number of aliphatic hydroxyl groups excluding tert-OH is 1. The van der Waals surface area contributed by atoms with E-state index in [0.717, 1.165) is 11.1 Å². The van der Waals surface area contributed by atoms with Crippen molar-refractivity contribution in [1.29, 1.82) is 0 Å². The summed E-state index contributed by atoms with van der Waals surface area (Å²) in [7, 11) is 2.90. The van der Waals surface area contributed by atoms with Gasteiger partial charge >= 0.3 is 0 Å². The highest BCUT2D eigenvalue weighted by Crippen LogP contribution is 2.43. The number of Topliss-reactive ketones (excluding diaryl/α,β-unsaturated/α-hetero) is 1. The van der Waals surface area contributed by atoms with Crippen molar-refractivity contribution in [1.82, 2.24) is 4.90 Å². The Morgan fingerprint density at radius 1 is 1.08 bits per heavy atom. The molecule has 3 aromatic rings. The van der Waals surface area contributed by atoms with Gasteiger partial charge in [0.2, 0.25) is 0 Å². The third-order valence-corrected chi connectivity index (χ3v) is 6.50. The predicted octanol–water partition coefficient (Wildman–Crippen LogP) is 5.44. The Morgan fingerprint density at radius 2 is 1.82 bits per heavy atom. The number of ketones is 1. The van der Waals surface area contributed by atoms with E-state index in [1.807, 2.05) is 0 Å². The first-order valence-corrected chi connectivity index (χ1v) is 12.2. The number of methoxy groups -OCH3 is 2. The molecule has 0 bridgehead atoms. The fraction of sp³-hybridized carbons (Fsp3) is 0.241. The van der Waals surface area contributed by atoms with Crippen LogP contribution in [0.2, 0.25) is 5.02 Å². The number of hydrogen-bond acceptors (Lipinski definition) is 6. The first-order valence-electron chi connectivity index (χ1n) is 11.8. The summed E-state index contributed by atoms with van der Waals surface area (Å²) in [6.07, 6.45) is 0. The first-order chi connectivity index (χ1) is 18.2. The van der Waals surface area contributed by atoms with Gasteiger partial charge in [0, 0.05) is 13.7 Å². The topological polar surface area (TPSA) is 85.3 Å². The minimum absolute atomic E-state index is 0.0956. The van der Waals surface area contributed by atoms with Gasteiger partial charge in [-0.25, -0.2) is 4.39 Å². The molecule has 0 spiro atoms. The van der Waals surface area contributed by atoms with Crippen molar-refractivity contribution >= 4 is 29.1 Å². The normalized spacial score (nSPS) is 16.7. The molecule has 1 amide bonds. The van der Waals surface area contributed by atoms with E-state index in [0.29, 0.717) is 11.3 Å². The molecule has 9 heteroatoms. The predicted molar refractivity (Wildman–Crippen MR) is 141 cm³/mol. The number of hydrogen-bond donors (Lipinski definition) is 1. The summed E-state index contributed by atoms with van der Waals surface area (Å²) >= 11 is 6.34. The number of nitrogens with zero attached hydrogens (tertiary/aromatic N) is 1. The van der Waals surface area contributed by atoms with Gasteiger partial charge in [0.05, 0.1) is 35.9 Å². The number of aliphatic hydroxyl groups is 1. The molecule has 7 nitrogen and oxygen atoms in total. The third-order valence-electron chi connectivity index (χ3n) is 6.22. The van der Waals surface area contributed by atoms with E-state index in [1.165, 1.54) is 31.3 Å². The van der Waals surface area contributed by atoms with Crippen molar-refractivity contribution in [3.63, 3.8) is 0 Å². The molecule has 1 heterocycles. The van der Waals surface area contributed by atoms with E-state index in [2.05, 4.69) is 0 Å². The Bertz CT molecular complexity index is 1390. The van der Waals surface area contributed by atoms with Crippen LogP contribution >= 0.6 is 11.6 Å². The minimum Gasteiger partial charge on any atom is -0.507 e. The highest BCUT2D eigenvalue weighted by Gasteiger charge is 2.46. The zero-order valence-corrected chi connectivity index (χ0v) is 21.9. The van der Waals surface area contributed by atoms with Gasteiger partial charge in [-0.05, 0) is 60.0 Å². The van der Waals surface area contributed by atoms with Crippen LogP contribution in [0.1, 0.15) is 28.3 Å². The molecule has 1 unspecified atom stereocenters. The maximum absolute atomic E-state index is 13.3. The number of halogens is 2. The number of amides is 1. The average Bonchev–Trinajstić information content (AvgIpc) is 3.16. The number of carbonyl (C=O) groups excluding carboxylic acids is 2. The molecule has 0 aromatic heterocycles. The molecule has 1 saturated heterocycles. The number of carbonyl (C=O) groups is 2. The summed E-state index contributed by atoms with van der Waals surface area (Å²) in [6.45, 7) is 2.28. The second-order valence-corrected chi connectivity index (χ2v) is 9.21. The number of rotatable bonds is 9. The monoisotopic (exact) mass is 539 g/mol. The van der Waals surface area contributed by atoms with Crippen LogP contribution in [-0.4, -0.2) is 49.1 Å². The van der Waals surface area contributed by atoms with Crippen LogP contribution in [0, 0.1) is 12.7 Å². The molecule has 3 aromatic carbocycles. The third kappa shape index (κ3) is 5.51. The lowest BCUT2D eigenvalue weighted by Gasteiger charge is -2.25. The SMILES string of the molecule is COCCN1C(=O)C(=O)/C(=C(/O)c2cc(C)cc(Cl)c2OC)C1c1cccc(OCc2ccc(F)cc2)c1. The van der Waals surface area contributed by atoms with Crippen molar-refractivity contribution in [2.75, 3.05) is 27.4 Å². The largest absolute Gasteiger partial charge is 0.507 e. The van der Waals surface area contributed by atoms with E-state index in [-0.39, 0.29) is 47.5 Å². The summed E-state index contributed by atoms with van der Waals surface area (Å²) in [5.74, 6) is -1.67. The maximum atomic E-state index is 13.3. The molecule has 0 aliphatic carbocycles. The molecule has 38 heavy (non-hydrogen) atoms. The van der Waals surface area contributed by atoms with Crippen molar-refractivity contribution in [2.45, 2.75) is 19.6 Å². The Morgan fingerprint density at radius 3 is 2.50 bits per heavy atom. The number of aryl methyl sites for hydroxylation is 1. The van der Waals surface area contributed by atoms with E-state index in [9.17, 15) is 19.1 Å². The first kappa shape index (κ1) is 27.2. The van der Waals surface area contributed by atoms with Crippen molar-refractivity contribution in [3.8, 4) is 11.5 Å². The van der Waals surface area contributed by atoms with Gasteiger partial charge in [0.1, 0.15) is 29.7 Å². The molecule has 0 saturated carbocycles.